The van der Waals surface area contributed by atoms with Gasteiger partial charge in [-0.05, 0) is 0 Å². The molecule has 0 heterocycles. The van der Waals surface area contributed by atoms with E-state index < -0.39 is 16.0 Å². The zero-order valence-corrected chi connectivity index (χ0v) is 12.8. The van der Waals surface area contributed by atoms with Gasteiger partial charge < -0.3 is 0 Å². The average Bonchev–Trinajstić information content (AvgIpc) is 2.24. The molecule has 0 saturated heterocycles. The van der Waals surface area contributed by atoms with E-state index in [2.05, 4.69) is 25.7 Å². The van der Waals surface area contributed by atoms with Crippen LogP contribution < -0.4 is 5.43 Å². The number of thiocarbonyl (C=S) groups is 2. The van der Waals surface area contributed by atoms with Crippen molar-refractivity contribution in [2.45, 2.75) is 0 Å². The van der Waals surface area contributed by atoms with Gasteiger partial charge in [0.1, 0.15) is 0 Å². The normalized spacial score (nSPS) is 8.24. The first-order chi connectivity index (χ1) is 8.01. The van der Waals surface area contributed by atoms with Crippen molar-refractivity contribution in [2.75, 3.05) is 0 Å². The molecule has 0 amide bonds. The van der Waals surface area contributed by atoms with Crippen LogP contribution in [-0.4, -0.2) is 13.1 Å². The summed E-state index contributed by atoms with van der Waals surface area (Å²) >= 11 is 6.25. The summed E-state index contributed by atoms with van der Waals surface area (Å²) in [5.74, 6) is 0. The van der Waals surface area contributed by atoms with Gasteiger partial charge in [-0.15, -0.1) is 0 Å². The first kappa shape index (κ1) is 16.4. The average molecular weight is 393 g/mol. The van der Waals surface area contributed by atoms with Gasteiger partial charge in [0.25, 0.3) is 0 Å². The fourth-order valence-corrected chi connectivity index (χ4v) is 4.35. The molecule has 0 aliphatic rings. The van der Waals surface area contributed by atoms with E-state index in [0.29, 0.717) is 21.4 Å². The topological polar surface area (TPSA) is 147 Å². The van der Waals surface area contributed by atoms with Crippen molar-refractivity contribution in [1.29, 1.82) is 0 Å². The van der Waals surface area contributed by atoms with Crippen LogP contribution in [0, 0.1) is 0 Å². The van der Waals surface area contributed by atoms with Gasteiger partial charge >= 0.3 is 118 Å². The zero-order chi connectivity index (χ0) is 13.3. The van der Waals surface area contributed by atoms with Crippen LogP contribution in [0.25, 0.3) is 20.9 Å². The monoisotopic (exact) mass is 395 g/mol. The molecule has 17 heavy (non-hydrogen) atoms. The van der Waals surface area contributed by atoms with Crippen LogP contribution >= 0.6 is 45.9 Å². The summed E-state index contributed by atoms with van der Waals surface area (Å²) in [4.78, 5) is 4.83. The second kappa shape index (κ2) is 9.42. The molecule has 91 valence electrons. The van der Waals surface area contributed by atoms with E-state index in [4.69, 9.17) is 35.5 Å². The molecule has 0 radical (unpaired) electrons. The van der Waals surface area contributed by atoms with Crippen molar-refractivity contribution in [3.63, 3.8) is 0 Å². The Balaban J connectivity index is 4.63. The Bertz CT molecular complexity index is 468. The first-order valence-corrected chi connectivity index (χ1v) is 9.62. The van der Waals surface area contributed by atoms with Gasteiger partial charge in [0, 0.05) is 0 Å². The molecule has 1 N–H and O–H groups in total. The number of nitrogens with zero attached hydrogens (tertiary/aromatic N) is 7. The zero-order valence-electron chi connectivity index (χ0n) is 7.49. The SMILES string of the molecule is [N-]=[N+]=NNC(=S)SN(N=[N+]=[N-])C(=S)[S][Mo](=[O])=[O]. The van der Waals surface area contributed by atoms with Gasteiger partial charge in [0.2, 0.25) is 0 Å². The number of azide groups is 2. The van der Waals surface area contributed by atoms with Gasteiger partial charge in [0.05, 0.1) is 0 Å². The molecular weight excluding hydrogens is 392 g/mol. The molecule has 0 aliphatic carbocycles. The third-order valence-electron chi connectivity index (χ3n) is 0.772. The third kappa shape index (κ3) is 8.16. The molecule has 0 unspecified atom stereocenters. The minimum absolute atomic E-state index is 0.0584. The summed E-state index contributed by atoms with van der Waals surface area (Å²) in [6, 6.07) is 0. The van der Waals surface area contributed by atoms with Crippen LogP contribution in [-0.2, 0) is 22.8 Å². The summed E-state index contributed by atoms with van der Waals surface area (Å²) in [6.07, 6.45) is 0. The molecule has 0 spiro atoms. The second-order valence-corrected chi connectivity index (χ2v) is 8.33. The Morgan fingerprint density at radius 2 is 2.00 bits per heavy atom. The van der Waals surface area contributed by atoms with Gasteiger partial charge in [0.15, 0.2) is 0 Å². The first-order valence-electron chi connectivity index (χ1n) is 3.20. The molecule has 0 rings (SSSR count). The second-order valence-electron chi connectivity index (χ2n) is 1.69. The maximum atomic E-state index is 10.5. The molecule has 0 fully saturated rings. The Morgan fingerprint density at radius 1 is 1.35 bits per heavy atom. The third-order valence-corrected chi connectivity index (χ3v) is 5.89. The summed E-state index contributed by atoms with van der Waals surface area (Å²) in [7, 11) is 0.408. The van der Waals surface area contributed by atoms with Gasteiger partial charge in [-0.1, -0.05) is 0 Å². The standard InChI is InChI=1S/C2H2N8S4.Mo.2O/c3-6-8-5-1(11)14-10(2(12)13)9-7-4;;;/h(H,5,11)(H,12,13);;;/q;+1;;/p-1. The number of hydrogen-bond acceptors (Lipinski definition) is 8. The van der Waals surface area contributed by atoms with Crippen molar-refractivity contribution in [3.05, 3.63) is 20.9 Å². The number of hydrogen-bond donors (Lipinski definition) is 1. The van der Waals surface area contributed by atoms with E-state index >= 15 is 0 Å². The molecule has 0 aromatic rings. The Labute approximate surface area is 118 Å². The van der Waals surface area contributed by atoms with E-state index in [0.717, 1.165) is 4.41 Å². The fourth-order valence-electron chi connectivity index (χ4n) is 0.381. The fraction of sp³-hybridized carbons (Fsp3) is 0. The molecule has 0 aliphatic heterocycles. The molecule has 15 heteroatoms. The molecule has 0 aromatic carbocycles. The Kier molecular flexibility index (Phi) is 9.08. The van der Waals surface area contributed by atoms with E-state index in [1.807, 2.05) is 0 Å². The Morgan fingerprint density at radius 3 is 2.47 bits per heavy atom. The van der Waals surface area contributed by atoms with E-state index in [1.54, 1.807) is 0 Å². The predicted octanol–water partition coefficient (Wildman–Crippen LogP) is 2.50. The molecule has 0 atom stereocenters. The maximum absolute atomic E-state index is 10.5. The number of nitrogens with one attached hydrogen (secondary N) is 1. The van der Waals surface area contributed by atoms with Gasteiger partial charge in [-0.2, -0.15) is 0 Å². The summed E-state index contributed by atoms with van der Waals surface area (Å²) in [5.41, 5.74) is 18.4. The van der Waals surface area contributed by atoms with Crippen molar-refractivity contribution in [2.24, 2.45) is 10.4 Å². The van der Waals surface area contributed by atoms with Crippen molar-refractivity contribution >= 4 is 54.5 Å². The summed E-state index contributed by atoms with van der Waals surface area (Å²) in [6.45, 7) is 0. The Hall–Kier alpha value is -0.612. The molecule has 0 saturated carbocycles. The molecule has 0 aromatic heterocycles. The van der Waals surface area contributed by atoms with Crippen molar-refractivity contribution in [3.8, 4) is 0 Å². The van der Waals surface area contributed by atoms with E-state index in [1.165, 1.54) is 0 Å². The van der Waals surface area contributed by atoms with E-state index in [-0.39, 0.29) is 8.64 Å². The summed E-state index contributed by atoms with van der Waals surface area (Å²) in [5, 5.41) is 6.08. The predicted molar refractivity (Wildman–Crippen MR) is 65.0 cm³/mol. The van der Waals surface area contributed by atoms with Crippen molar-refractivity contribution in [1.82, 2.24) is 9.84 Å². The quantitative estimate of drug-likeness (QED) is 0.146. The van der Waals surface area contributed by atoms with Crippen LogP contribution in [0.2, 0.25) is 0 Å². The molecular formula is C2HMoN8O2S4. The minimum atomic E-state index is -3.76. The van der Waals surface area contributed by atoms with Crippen LogP contribution in [0.5, 0.6) is 0 Å². The molecule has 10 nitrogen and oxygen atoms in total. The summed E-state index contributed by atoms with van der Waals surface area (Å²) < 4.78 is 21.6. The van der Waals surface area contributed by atoms with Crippen LogP contribution in [0.3, 0.4) is 0 Å². The van der Waals surface area contributed by atoms with Crippen molar-refractivity contribution < 1.29 is 22.8 Å². The van der Waals surface area contributed by atoms with Crippen LogP contribution in [0.4, 0.5) is 0 Å². The van der Waals surface area contributed by atoms with Gasteiger partial charge in [-0.3, -0.25) is 0 Å². The van der Waals surface area contributed by atoms with Crippen LogP contribution in [0.15, 0.2) is 10.4 Å². The number of rotatable bonds is 3. The molecule has 0 bridgehead atoms. The van der Waals surface area contributed by atoms with Crippen LogP contribution in [0.1, 0.15) is 0 Å². The van der Waals surface area contributed by atoms with E-state index in [9.17, 15) is 6.80 Å². The van der Waals surface area contributed by atoms with Gasteiger partial charge in [-0.25, -0.2) is 0 Å².